The van der Waals surface area contributed by atoms with Gasteiger partial charge in [0.1, 0.15) is 0 Å². The van der Waals surface area contributed by atoms with Crippen LogP contribution in [-0.4, -0.2) is 39.5 Å². The normalized spacial score (nSPS) is 10.2. The van der Waals surface area contributed by atoms with Crippen molar-refractivity contribution >= 4 is 15.1 Å². The topological polar surface area (TPSA) is 27.3 Å². The van der Waals surface area contributed by atoms with E-state index >= 15 is 0 Å². The zero-order valence-electron chi connectivity index (χ0n) is 7.98. The lowest BCUT2D eigenvalue weighted by molar-refractivity contribution is 0.675. The summed E-state index contributed by atoms with van der Waals surface area (Å²) in [6.07, 6.45) is 0. The lowest BCUT2D eigenvalue weighted by Gasteiger charge is -2.17. The molecule has 0 aromatic heterocycles. The molecule has 0 bridgehead atoms. The minimum Gasteiger partial charge on any atom is -0.362 e. The summed E-state index contributed by atoms with van der Waals surface area (Å²) in [5.74, 6) is 0. The molecule has 0 rings (SSSR count). The van der Waals surface area contributed by atoms with E-state index < -0.39 is 0 Å². The molecule has 0 aromatic carbocycles. The maximum Gasteiger partial charge on any atom is 0.278 e. The standard InChI is InChI=1S/C6H19B2N3/c1-4-9-7-11(6-3)8-10-5-2/h7-10H,4-6H2,1-3H3. The summed E-state index contributed by atoms with van der Waals surface area (Å²) in [6.45, 7) is 9.61. The van der Waals surface area contributed by atoms with Crippen molar-refractivity contribution in [3.05, 3.63) is 0 Å². The third-order valence-corrected chi connectivity index (χ3v) is 1.62. The SMILES string of the molecule is CCNBN(BNCC)CC. The van der Waals surface area contributed by atoms with Crippen LogP contribution in [0.5, 0.6) is 0 Å². The molecule has 0 aliphatic heterocycles. The smallest absolute Gasteiger partial charge is 0.278 e. The second kappa shape index (κ2) is 8.11. The van der Waals surface area contributed by atoms with Crippen molar-refractivity contribution < 1.29 is 0 Å². The fourth-order valence-electron chi connectivity index (χ4n) is 0.819. The minimum atomic E-state index is 0.986. The summed E-state index contributed by atoms with van der Waals surface area (Å²) < 4.78 is 2.33. The van der Waals surface area contributed by atoms with Crippen molar-refractivity contribution in [2.75, 3.05) is 19.6 Å². The molecule has 0 saturated carbocycles. The summed E-state index contributed by atoms with van der Waals surface area (Å²) in [5.41, 5.74) is 0. The molecular formula is C6H19B2N3. The summed E-state index contributed by atoms with van der Waals surface area (Å²) in [6, 6.07) is 0. The number of nitrogens with zero attached hydrogens (tertiary/aromatic N) is 1. The van der Waals surface area contributed by atoms with E-state index in [1.807, 2.05) is 0 Å². The Morgan fingerprint density at radius 3 is 1.73 bits per heavy atom. The number of hydrogen-bond acceptors (Lipinski definition) is 3. The molecule has 0 radical (unpaired) electrons. The molecule has 11 heavy (non-hydrogen) atoms. The molecule has 0 heterocycles. The predicted molar refractivity (Wildman–Crippen MR) is 54.0 cm³/mol. The fourth-order valence-corrected chi connectivity index (χ4v) is 0.819. The van der Waals surface area contributed by atoms with Crippen LogP contribution >= 0.6 is 0 Å². The average molecular weight is 155 g/mol. The van der Waals surface area contributed by atoms with Crippen LogP contribution in [0.2, 0.25) is 0 Å². The Kier molecular flexibility index (Phi) is 8.12. The van der Waals surface area contributed by atoms with E-state index in [1.165, 1.54) is 0 Å². The van der Waals surface area contributed by atoms with Gasteiger partial charge in [0.05, 0.1) is 0 Å². The summed E-state index contributed by atoms with van der Waals surface area (Å²) >= 11 is 0. The predicted octanol–water partition coefficient (Wildman–Crippen LogP) is -0.940. The molecule has 0 fully saturated rings. The number of rotatable bonds is 7. The average Bonchev–Trinajstić information content (AvgIpc) is 2.05. The molecule has 0 atom stereocenters. The molecule has 64 valence electrons. The number of nitrogens with one attached hydrogen (secondary N) is 2. The second-order valence-corrected chi connectivity index (χ2v) is 2.51. The molecule has 5 heteroatoms. The van der Waals surface area contributed by atoms with Crippen LogP contribution in [0.3, 0.4) is 0 Å². The molecule has 0 aromatic rings. The van der Waals surface area contributed by atoms with Crippen LogP contribution in [-0.2, 0) is 0 Å². The van der Waals surface area contributed by atoms with Crippen molar-refractivity contribution in [3.8, 4) is 0 Å². The van der Waals surface area contributed by atoms with Crippen LogP contribution < -0.4 is 10.5 Å². The lowest BCUT2D eigenvalue weighted by Crippen LogP contribution is -2.45. The van der Waals surface area contributed by atoms with Crippen LogP contribution in [0.25, 0.3) is 0 Å². The molecule has 0 saturated heterocycles. The van der Waals surface area contributed by atoms with Gasteiger partial charge in [-0.2, -0.15) is 0 Å². The fraction of sp³-hybridized carbons (Fsp3) is 1.00. The molecule has 0 aliphatic carbocycles. The maximum absolute atomic E-state index is 3.29. The van der Waals surface area contributed by atoms with Gasteiger partial charge in [-0.05, 0) is 19.6 Å². The highest BCUT2D eigenvalue weighted by molar-refractivity contribution is 6.47. The molecular weight excluding hydrogens is 136 g/mol. The van der Waals surface area contributed by atoms with Gasteiger partial charge in [-0.15, -0.1) is 0 Å². The highest BCUT2D eigenvalue weighted by Gasteiger charge is 2.02. The van der Waals surface area contributed by atoms with E-state index in [0.717, 1.165) is 34.7 Å². The molecule has 2 N–H and O–H groups in total. The molecule has 0 aliphatic rings. The van der Waals surface area contributed by atoms with Gasteiger partial charge < -0.3 is 15.2 Å². The third-order valence-electron chi connectivity index (χ3n) is 1.62. The lowest BCUT2D eigenvalue weighted by atomic mass is 9.94. The van der Waals surface area contributed by atoms with Crippen LogP contribution in [0.1, 0.15) is 20.8 Å². The Hall–Kier alpha value is 0.00987. The van der Waals surface area contributed by atoms with Crippen molar-refractivity contribution in [2.24, 2.45) is 0 Å². The van der Waals surface area contributed by atoms with E-state index in [1.54, 1.807) is 0 Å². The van der Waals surface area contributed by atoms with Gasteiger partial charge >= 0.3 is 0 Å². The highest BCUT2D eigenvalue weighted by Crippen LogP contribution is 1.75. The van der Waals surface area contributed by atoms with E-state index in [2.05, 4.69) is 35.9 Å². The van der Waals surface area contributed by atoms with Crippen LogP contribution in [0.4, 0.5) is 0 Å². The summed E-state index contributed by atoms with van der Waals surface area (Å²) in [7, 11) is 1.97. The van der Waals surface area contributed by atoms with Crippen molar-refractivity contribution in [1.82, 2.24) is 15.2 Å². The first-order valence-corrected chi connectivity index (χ1v) is 4.48. The Morgan fingerprint density at radius 1 is 1.00 bits per heavy atom. The molecule has 0 spiro atoms. The Balaban J connectivity index is 3.25. The minimum absolute atomic E-state index is 0.986. The quantitative estimate of drug-likeness (QED) is 0.464. The van der Waals surface area contributed by atoms with Gasteiger partial charge in [-0.25, -0.2) is 0 Å². The maximum atomic E-state index is 3.29. The van der Waals surface area contributed by atoms with Crippen LogP contribution in [0.15, 0.2) is 0 Å². The molecule has 3 nitrogen and oxygen atoms in total. The Morgan fingerprint density at radius 2 is 1.45 bits per heavy atom. The van der Waals surface area contributed by atoms with Gasteiger partial charge in [-0.3, -0.25) is 0 Å². The van der Waals surface area contributed by atoms with Crippen LogP contribution in [0, 0.1) is 0 Å². The van der Waals surface area contributed by atoms with Gasteiger partial charge in [0, 0.05) is 0 Å². The van der Waals surface area contributed by atoms with Gasteiger partial charge in [0.15, 0.2) is 0 Å². The van der Waals surface area contributed by atoms with E-state index in [4.69, 9.17) is 0 Å². The summed E-state index contributed by atoms with van der Waals surface area (Å²) in [4.78, 5) is 0. The second-order valence-electron chi connectivity index (χ2n) is 2.51. The highest BCUT2D eigenvalue weighted by atomic mass is 15.1. The van der Waals surface area contributed by atoms with Gasteiger partial charge in [0.2, 0.25) is 0 Å². The van der Waals surface area contributed by atoms with Crippen molar-refractivity contribution in [1.29, 1.82) is 0 Å². The summed E-state index contributed by atoms with van der Waals surface area (Å²) in [5, 5.41) is 6.59. The number of hydrogen-bond donors (Lipinski definition) is 2. The first-order chi connectivity index (χ1) is 5.35. The van der Waals surface area contributed by atoms with Crippen molar-refractivity contribution in [3.63, 3.8) is 0 Å². The Bertz CT molecular complexity index is 74.2. The first-order valence-electron chi connectivity index (χ1n) is 4.48. The van der Waals surface area contributed by atoms with Gasteiger partial charge in [0.25, 0.3) is 15.1 Å². The van der Waals surface area contributed by atoms with E-state index in [-0.39, 0.29) is 0 Å². The van der Waals surface area contributed by atoms with E-state index in [9.17, 15) is 0 Å². The Labute approximate surface area is 71.5 Å². The zero-order chi connectivity index (χ0) is 8.53. The molecule has 0 unspecified atom stereocenters. The zero-order valence-corrected chi connectivity index (χ0v) is 7.98. The monoisotopic (exact) mass is 155 g/mol. The van der Waals surface area contributed by atoms with Gasteiger partial charge in [-0.1, -0.05) is 20.8 Å². The third kappa shape index (κ3) is 6.41. The largest absolute Gasteiger partial charge is 0.362 e. The van der Waals surface area contributed by atoms with E-state index in [0.29, 0.717) is 0 Å². The first kappa shape index (κ1) is 11.0. The molecule has 0 amide bonds. The van der Waals surface area contributed by atoms with Crippen molar-refractivity contribution in [2.45, 2.75) is 20.8 Å².